The topological polar surface area (TPSA) is 74.0 Å². The van der Waals surface area contributed by atoms with Crippen molar-refractivity contribution in [3.8, 4) is 11.3 Å². The quantitative estimate of drug-likeness (QED) is 0.326. The van der Waals surface area contributed by atoms with Crippen molar-refractivity contribution >= 4 is 44.6 Å². The zero-order valence-electron chi connectivity index (χ0n) is 19.8. The van der Waals surface area contributed by atoms with E-state index in [1.165, 1.54) is 23.0 Å². The molecular formula is C25H25F2N5O2S2. The fraction of sp³-hybridized carbons (Fsp3) is 0.280. The van der Waals surface area contributed by atoms with E-state index >= 15 is 0 Å². The summed E-state index contributed by atoms with van der Waals surface area (Å²) in [5.41, 5.74) is 5.10. The Labute approximate surface area is 214 Å². The first kappa shape index (κ1) is 24.7. The lowest BCUT2D eigenvalue weighted by Crippen LogP contribution is -2.31. The maximum absolute atomic E-state index is 13.7. The Morgan fingerprint density at radius 3 is 2.67 bits per heavy atom. The third-order valence-electron chi connectivity index (χ3n) is 6.27. The molecule has 4 aromatic rings. The number of aromatic nitrogens is 3. The molecule has 0 amide bonds. The Hall–Kier alpha value is -2.99. The maximum atomic E-state index is 13.7. The first-order valence-electron chi connectivity index (χ1n) is 11.5. The van der Waals surface area contributed by atoms with E-state index in [9.17, 15) is 13.0 Å². The van der Waals surface area contributed by atoms with Gasteiger partial charge in [0.1, 0.15) is 17.3 Å². The predicted molar refractivity (Wildman–Crippen MR) is 140 cm³/mol. The van der Waals surface area contributed by atoms with E-state index in [1.54, 1.807) is 0 Å². The van der Waals surface area contributed by atoms with Gasteiger partial charge in [0.15, 0.2) is 27.8 Å². The molecule has 11 heteroatoms. The lowest BCUT2D eigenvalue weighted by molar-refractivity contribution is 0.343. The summed E-state index contributed by atoms with van der Waals surface area (Å²) in [4.78, 5) is 13.4. The lowest BCUT2D eigenvalue weighted by atomic mass is 10.0. The van der Waals surface area contributed by atoms with Gasteiger partial charge in [-0.1, -0.05) is 13.0 Å². The Bertz CT molecular complexity index is 1480. The van der Waals surface area contributed by atoms with Crippen LogP contribution in [0.2, 0.25) is 0 Å². The number of aryl methyl sites for hydroxylation is 1. The Morgan fingerprint density at radius 1 is 1.17 bits per heavy atom. The molecule has 0 saturated carbocycles. The molecule has 1 N–H and O–H groups in total. The van der Waals surface area contributed by atoms with Crippen LogP contribution in [0.5, 0.6) is 0 Å². The maximum Gasteiger partial charge on any atom is 0.191 e. The highest BCUT2D eigenvalue weighted by molar-refractivity contribution is 7.79. The van der Waals surface area contributed by atoms with Crippen molar-refractivity contribution in [2.24, 2.45) is 0 Å². The monoisotopic (exact) mass is 529 g/mol. The van der Waals surface area contributed by atoms with Crippen molar-refractivity contribution in [2.75, 3.05) is 30.9 Å². The average Bonchev–Trinajstić information content (AvgIpc) is 3.50. The van der Waals surface area contributed by atoms with Gasteiger partial charge < -0.3 is 9.45 Å². The minimum absolute atomic E-state index is 0.152. The smallest absolute Gasteiger partial charge is 0.191 e. The summed E-state index contributed by atoms with van der Waals surface area (Å²) >= 11 is -0.416. The van der Waals surface area contributed by atoms with Gasteiger partial charge in [0, 0.05) is 37.3 Å². The Balaban J connectivity index is 1.48. The number of benzene rings is 1. The van der Waals surface area contributed by atoms with E-state index in [0.717, 1.165) is 54.2 Å². The number of halogens is 2. The highest BCUT2D eigenvalue weighted by atomic mass is 32.2. The number of imidazole rings is 1. The van der Waals surface area contributed by atoms with Gasteiger partial charge in [-0.3, -0.25) is 9.30 Å². The van der Waals surface area contributed by atoms with E-state index in [-0.39, 0.29) is 5.88 Å². The van der Waals surface area contributed by atoms with Crippen molar-refractivity contribution in [3.63, 3.8) is 0 Å². The molecular weight excluding hydrogens is 504 g/mol. The minimum Gasteiger partial charge on any atom is -0.305 e. The molecule has 4 heterocycles. The number of thiazole rings is 1. The fourth-order valence-corrected chi connectivity index (χ4v) is 5.76. The highest BCUT2D eigenvalue weighted by Crippen LogP contribution is 2.34. The SMILES string of the molecule is CCc1nc2ccc(C3=CCN(CS(=O)O)CC3)cn2c1N(C)c1nc(-c2ccc(F)c(F)c2)cs1. The normalized spacial score (nSPS) is 15.3. The summed E-state index contributed by atoms with van der Waals surface area (Å²) < 4.78 is 49.4. The van der Waals surface area contributed by atoms with Crippen molar-refractivity contribution in [1.82, 2.24) is 19.3 Å². The molecule has 0 saturated heterocycles. The molecule has 1 atom stereocenters. The van der Waals surface area contributed by atoms with E-state index in [4.69, 9.17) is 9.54 Å². The standard InChI is InChI=1S/C25H25F2N5O2S2/c1-3-21-24(30(2)25-29-22(14-35-25)17-4-6-19(26)20(27)12-17)32-13-18(5-7-23(32)28-21)16-8-10-31(11-9-16)15-36(33)34/h4-8,12-14H,3,9-11,15H2,1-2H3,(H,33,34). The lowest BCUT2D eigenvalue weighted by Gasteiger charge is -2.25. The fourth-order valence-electron chi connectivity index (χ4n) is 4.41. The summed E-state index contributed by atoms with van der Waals surface area (Å²) in [5, 5.41) is 2.54. The van der Waals surface area contributed by atoms with Gasteiger partial charge in [0.25, 0.3) is 0 Å². The first-order valence-corrected chi connectivity index (χ1v) is 13.6. The van der Waals surface area contributed by atoms with Gasteiger partial charge in [0.05, 0.1) is 11.4 Å². The van der Waals surface area contributed by atoms with E-state index in [0.29, 0.717) is 22.9 Å². The molecule has 0 radical (unpaired) electrons. The third-order valence-corrected chi connectivity index (χ3v) is 7.77. The van der Waals surface area contributed by atoms with Gasteiger partial charge in [-0.15, -0.1) is 11.3 Å². The van der Waals surface area contributed by atoms with E-state index in [2.05, 4.69) is 34.6 Å². The van der Waals surface area contributed by atoms with Crippen LogP contribution in [-0.4, -0.2) is 54.0 Å². The molecule has 7 nitrogen and oxygen atoms in total. The molecule has 1 aliphatic heterocycles. The Morgan fingerprint density at radius 2 is 1.97 bits per heavy atom. The zero-order chi connectivity index (χ0) is 25.4. The zero-order valence-corrected chi connectivity index (χ0v) is 21.5. The van der Waals surface area contributed by atoms with Crippen LogP contribution in [-0.2, 0) is 17.5 Å². The van der Waals surface area contributed by atoms with Gasteiger partial charge >= 0.3 is 0 Å². The summed E-state index contributed by atoms with van der Waals surface area (Å²) in [7, 11) is 1.93. The molecule has 1 aromatic carbocycles. The van der Waals surface area contributed by atoms with Crippen LogP contribution in [0.4, 0.5) is 19.7 Å². The van der Waals surface area contributed by atoms with Gasteiger partial charge in [-0.25, -0.2) is 23.0 Å². The molecule has 0 aliphatic carbocycles. The first-order chi connectivity index (χ1) is 17.3. The molecule has 1 aliphatic rings. The number of pyridine rings is 1. The molecule has 1 unspecified atom stereocenters. The van der Waals surface area contributed by atoms with Gasteiger partial charge in [0.2, 0.25) is 0 Å². The second-order valence-corrected chi connectivity index (χ2v) is 10.3. The number of fused-ring (bicyclic) bond motifs is 1. The average molecular weight is 530 g/mol. The number of hydrogen-bond donors (Lipinski definition) is 1. The van der Waals surface area contributed by atoms with Crippen LogP contribution in [0.1, 0.15) is 24.6 Å². The third kappa shape index (κ3) is 4.83. The number of hydrogen-bond acceptors (Lipinski definition) is 6. The number of rotatable bonds is 7. The second kappa shape index (κ2) is 10.2. The summed E-state index contributed by atoms with van der Waals surface area (Å²) in [6, 6.07) is 7.84. The van der Waals surface area contributed by atoms with Crippen LogP contribution in [0.3, 0.4) is 0 Å². The van der Waals surface area contributed by atoms with Crippen LogP contribution in [0.15, 0.2) is 48.0 Å². The second-order valence-electron chi connectivity index (χ2n) is 8.59. The molecule has 188 valence electrons. The van der Waals surface area contributed by atoms with Gasteiger partial charge in [-0.2, -0.15) is 0 Å². The molecule has 0 spiro atoms. The summed E-state index contributed by atoms with van der Waals surface area (Å²) in [6.07, 6.45) is 5.69. The Kier molecular flexibility index (Phi) is 6.98. The van der Waals surface area contributed by atoms with E-state index < -0.39 is 22.7 Å². The number of anilines is 2. The van der Waals surface area contributed by atoms with E-state index in [1.807, 2.05) is 28.3 Å². The molecule has 3 aromatic heterocycles. The van der Waals surface area contributed by atoms with Crippen LogP contribution in [0, 0.1) is 11.6 Å². The highest BCUT2D eigenvalue weighted by Gasteiger charge is 2.21. The van der Waals surface area contributed by atoms with Crippen LogP contribution >= 0.6 is 11.3 Å². The minimum atomic E-state index is -1.84. The number of nitrogens with zero attached hydrogens (tertiary/aromatic N) is 5. The van der Waals surface area contributed by atoms with Crippen LogP contribution < -0.4 is 4.90 Å². The molecule has 36 heavy (non-hydrogen) atoms. The van der Waals surface area contributed by atoms with Crippen LogP contribution in [0.25, 0.3) is 22.5 Å². The predicted octanol–water partition coefficient (Wildman–Crippen LogP) is 5.33. The molecule has 5 rings (SSSR count). The summed E-state index contributed by atoms with van der Waals surface area (Å²) in [5.74, 6) is -0.735. The van der Waals surface area contributed by atoms with Gasteiger partial charge in [-0.05, 0) is 54.3 Å². The van der Waals surface area contributed by atoms with Crippen molar-refractivity contribution in [3.05, 3.63) is 70.9 Å². The molecule has 0 bridgehead atoms. The van der Waals surface area contributed by atoms with Crippen molar-refractivity contribution in [2.45, 2.75) is 19.8 Å². The largest absolute Gasteiger partial charge is 0.305 e. The van der Waals surface area contributed by atoms with Crippen molar-refractivity contribution in [1.29, 1.82) is 0 Å². The molecule has 0 fully saturated rings. The summed E-state index contributed by atoms with van der Waals surface area (Å²) in [6.45, 7) is 3.40. The van der Waals surface area contributed by atoms with Crippen molar-refractivity contribution < 1.29 is 17.5 Å².